The largest absolute Gasteiger partial charge is 0.479 e. The van der Waals surface area contributed by atoms with Crippen molar-refractivity contribution in [3.63, 3.8) is 0 Å². The van der Waals surface area contributed by atoms with Crippen LogP contribution in [-0.2, 0) is 25.7 Å². The minimum absolute atomic E-state index is 0.00943. The van der Waals surface area contributed by atoms with Gasteiger partial charge >= 0.3 is 11.9 Å². The Kier molecular flexibility index (Phi) is 6.08. The summed E-state index contributed by atoms with van der Waals surface area (Å²) >= 11 is 0. The molecule has 0 unspecified atom stereocenters. The summed E-state index contributed by atoms with van der Waals surface area (Å²) in [7, 11) is 0. The predicted octanol–water partition coefficient (Wildman–Crippen LogP) is 3.73. The van der Waals surface area contributed by atoms with Crippen molar-refractivity contribution in [2.75, 3.05) is 6.61 Å². The SMILES string of the molecule is C[C@@H](OCc1ccccc1)[C@](N)(C(=O)O)C(=O)OCC1c2ccccc2-c2ccccc21. The smallest absolute Gasteiger partial charge is 0.340 e. The fourth-order valence-electron chi connectivity index (χ4n) is 4.07. The quantitative estimate of drug-likeness (QED) is 0.417. The van der Waals surface area contributed by atoms with Gasteiger partial charge < -0.3 is 20.3 Å². The second-order valence-corrected chi connectivity index (χ2v) is 7.94. The Bertz CT molecular complexity index is 1080. The molecule has 0 saturated carbocycles. The van der Waals surface area contributed by atoms with Crippen LogP contribution in [-0.4, -0.2) is 35.3 Å². The first-order valence-electron chi connectivity index (χ1n) is 10.5. The molecule has 3 aromatic rings. The Morgan fingerprint density at radius 3 is 2.03 bits per heavy atom. The number of esters is 1. The molecule has 0 aliphatic heterocycles. The molecule has 32 heavy (non-hydrogen) atoms. The molecule has 0 aromatic heterocycles. The van der Waals surface area contributed by atoms with Crippen molar-refractivity contribution in [2.45, 2.75) is 31.1 Å². The van der Waals surface area contributed by atoms with Crippen molar-refractivity contribution >= 4 is 11.9 Å². The number of carboxylic acid groups (broad SMARTS) is 1. The van der Waals surface area contributed by atoms with Gasteiger partial charge in [0.05, 0.1) is 12.7 Å². The summed E-state index contributed by atoms with van der Waals surface area (Å²) in [6.07, 6.45) is -1.10. The van der Waals surface area contributed by atoms with Crippen LogP contribution in [0.1, 0.15) is 29.5 Å². The van der Waals surface area contributed by atoms with E-state index in [9.17, 15) is 14.7 Å². The van der Waals surface area contributed by atoms with Gasteiger partial charge in [0.2, 0.25) is 5.54 Å². The molecule has 164 valence electrons. The van der Waals surface area contributed by atoms with E-state index in [-0.39, 0.29) is 19.1 Å². The van der Waals surface area contributed by atoms with E-state index in [0.29, 0.717) is 0 Å². The van der Waals surface area contributed by atoms with Crippen LogP contribution >= 0.6 is 0 Å². The predicted molar refractivity (Wildman–Crippen MR) is 120 cm³/mol. The second-order valence-electron chi connectivity index (χ2n) is 7.94. The topological polar surface area (TPSA) is 98.9 Å². The van der Waals surface area contributed by atoms with E-state index in [1.165, 1.54) is 6.92 Å². The van der Waals surface area contributed by atoms with E-state index >= 15 is 0 Å². The van der Waals surface area contributed by atoms with E-state index < -0.39 is 23.6 Å². The molecule has 0 spiro atoms. The van der Waals surface area contributed by atoms with Gasteiger partial charge in [-0.2, -0.15) is 0 Å². The summed E-state index contributed by atoms with van der Waals surface area (Å²) in [6.45, 7) is 1.59. The zero-order chi connectivity index (χ0) is 22.7. The van der Waals surface area contributed by atoms with E-state index in [4.69, 9.17) is 15.2 Å². The van der Waals surface area contributed by atoms with Crippen molar-refractivity contribution in [3.05, 3.63) is 95.6 Å². The third-order valence-electron chi connectivity index (χ3n) is 6.02. The molecule has 2 atom stereocenters. The van der Waals surface area contributed by atoms with E-state index in [1.54, 1.807) is 0 Å². The minimum Gasteiger partial charge on any atom is -0.479 e. The monoisotopic (exact) mass is 431 g/mol. The van der Waals surface area contributed by atoms with Gasteiger partial charge in [0.25, 0.3) is 0 Å². The Hall–Kier alpha value is -3.48. The molecule has 1 aliphatic carbocycles. The van der Waals surface area contributed by atoms with Crippen LogP contribution < -0.4 is 5.73 Å². The minimum atomic E-state index is -2.33. The summed E-state index contributed by atoms with van der Waals surface area (Å²) in [5.41, 5.74) is 8.83. The van der Waals surface area contributed by atoms with Crippen LogP contribution in [0.15, 0.2) is 78.9 Å². The summed E-state index contributed by atoms with van der Waals surface area (Å²) in [6, 6.07) is 25.1. The van der Waals surface area contributed by atoms with Gasteiger partial charge in [0.1, 0.15) is 6.61 Å². The lowest BCUT2D eigenvalue weighted by atomic mass is 9.94. The fourth-order valence-corrected chi connectivity index (χ4v) is 4.07. The molecule has 3 N–H and O–H groups in total. The number of benzene rings is 3. The van der Waals surface area contributed by atoms with E-state index in [1.807, 2.05) is 78.9 Å². The number of hydrogen-bond acceptors (Lipinski definition) is 5. The Morgan fingerprint density at radius 2 is 1.47 bits per heavy atom. The highest BCUT2D eigenvalue weighted by molar-refractivity contribution is 6.04. The molecule has 6 nitrogen and oxygen atoms in total. The average molecular weight is 431 g/mol. The maximum Gasteiger partial charge on any atom is 0.340 e. The van der Waals surface area contributed by atoms with Gasteiger partial charge in [-0.3, -0.25) is 0 Å². The maximum atomic E-state index is 12.9. The number of fused-ring (bicyclic) bond motifs is 3. The number of ether oxygens (including phenoxy) is 2. The second kappa shape index (κ2) is 8.94. The van der Waals surface area contributed by atoms with Crippen molar-refractivity contribution < 1.29 is 24.2 Å². The van der Waals surface area contributed by atoms with Gasteiger partial charge in [0, 0.05) is 5.92 Å². The molecule has 3 aromatic carbocycles. The number of carboxylic acids is 1. The lowest BCUT2D eigenvalue weighted by Gasteiger charge is -2.29. The van der Waals surface area contributed by atoms with Gasteiger partial charge in [-0.25, -0.2) is 9.59 Å². The van der Waals surface area contributed by atoms with Gasteiger partial charge in [-0.05, 0) is 34.7 Å². The molecule has 0 amide bonds. The molecule has 0 radical (unpaired) electrons. The molecule has 0 heterocycles. The summed E-state index contributed by atoms with van der Waals surface area (Å²) in [5, 5.41) is 9.77. The maximum absolute atomic E-state index is 12.9. The lowest BCUT2D eigenvalue weighted by Crippen LogP contribution is -2.63. The summed E-state index contributed by atoms with van der Waals surface area (Å²) in [5.74, 6) is -2.70. The zero-order valence-corrected chi connectivity index (χ0v) is 17.7. The summed E-state index contributed by atoms with van der Waals surface area (Å²) in [4.78, 5) is 24.9. The fraction of sp³-hybridized carbons (Fsp3) is 0.231. The van der Waals surface area contributed by atoms with Crippen LogP contribution in [0.25, 0.3) is 11.1 Å². The molecule has 0 saturated heterocycles. The third kappa shape index (κ3) is 3.90. The van der Waals surface area contributed by atoms with Crippen molar-refractivity contribution in [1.29, 1.82) is 0 Å². The highest BCUT2D eigenvalue weighted by Crippen LogP contribution is 2.44. The lowest BCUT2D eigenvalue weighted by molar-refractivity contribution is -0.169. The number of nitrogens with two attached hydrogens (primary N) is 1. The standard InChI is InChI=1S/C26H25NO5/c1-17(31-15-18-9-3-2-4-10-18)26(27,24(28)29)25(30)32-16-23-21-13-7-5-11-19(21)20-12-6-8-14-22(20)23/h2-14,17,23H,15-16,27H2,1H3,(H,28,29)/t17-,26+/m1/s1. The first-order valence-corrected chi connectivity index (χ1v) is 10.5. The first-order chi connectivity index (χ1) is 15.4. The van der Waals surface area contributed by atoms with Crippen molar-refractivity contribution in [1.82, 2.24) is 0 Å². The highest BCUT2D eigenvalue weighted by Gasteiger charge is 2.50. The number of rotatable bonds is 8. The molecule has 0 fully saturated rings. The molecule has 4 rings (SSSR count). The Labute approximate surface area is 186 Å². The molecular formula is C26H25NO5. The van der Waals surface area contributed by atoms with Gasteiger partial charge in [0.15, 0.2) is 0 Å². The van der Waals surface area contributed by atoms with Gasteiger partial charge in [-0.15, -0.1) is 0 Å². The zero-order valence-electron chi connectivity index (χ0n) is 17.7. The normalized spacial score (nSPS) is 15.3. The number of carbonyl (C=O) groups excluding carboxylic acids is 1. The Morgan fingerprint density at radius 1 is 0.938 bits per heavy atom. The summed E-state index contributed by atoms with van der Waals surface area (Å²) < 4.78 is 11.2. The van der Waals surface area contributed by atoms with Crippen molar-refractivity contribution in [2.24, 2.45) is 5.73 Å². The van der Waals surface area contributed by atoms with Crippen LogP contribution in [0.4, 0.5) is 0 Å². The highest BCUT2D eigenvalue weighted by atomic mass is 16.5. The third-order valence-corrected chi connectivity index (χ3v) is 6.02. The molecule has 6 heteroatoms. The number of hydrogen-bond donors (Lipinski definition) is 2. The Balaban J connectivity index is 1.49. The van der Waals surface area contributed by atoms with E-state index in [0.717, 1.165) is 27.8 Å². The van der Waals surface area contributed by atoms with Crippen molar-refractivity contribution in [3.8, 4) is 11.1 Å². The number of aliphatic carboxylic acids is 1. The average Bonchev–Trinajstić information content (AvgIpc) is 3.14. The van der Waals surface area contributed by atoms with Crippen LogP contribution in [0.5, 0.6) is 0 Å². The molecule has 1 aliphatic rings. The van der Waals surface area contributed by atoms with Crippen LogP contribution in [0, 0.1) is 0 Å². The molecule has 0 bridgehead atoms. The van der Waals surface area contributed by atoms with Gasteiger partial charge in [-0.1, -0.05) is 78.9 Å². The van der Waals surface area contributed by atoms with E-state index in [2.05, 4.69) is 0 Å². The van der Waals surface area contributed by atoms with Crippen LogP contribution in [0.2, 0.25) is 0 Å². The first kappa shape index (κ1) is 21.7. The van der Waals surface area contributed by atoms with Crippen LogP contribution in [0.3, 0.4) is 0 Å². The molecular weight excluding hydrogens is 406 g/mol. The number of carbonyl (C=O) groups is 2.